The molecule has 0 fully saturated rings. The van der Waals surface area contributed by atoms with Crippen molar-refractivity contribution in [1.29, 1.82) is 0 Å². The fraction of sp³-hybridized carbons (Fsp3) is 0.429. The van der Waals surface area contributed by atoms with Gasteiger partial charge in [-0.1, -0.05) is 11.1 Å². The van der Waals surface area contributed by atoms with Gasteiger partial charge in [-0.2, -0.15) is 0 Å². The van der Waals surface area contributed by atoms with Crippen LogP contribution in [0.25, 0.3) is 0 Å². The van der Waals surface area contributed by atoms with Crippen LogP contribution in [-0.2, 0) is 0 Å². The average molecular weight is 90.1 g/mol. The smallest absolute Gasteiger partial charge is 0.00552 e. The first-order valence-electron chi connectivity index (χ1n) is 2.87. The van der Waals surface area contributed by atoms with Gasteiger partial charge >= 0.3 is 0 Å². The number of hydrogen-bond acceptors (Lipinski definition) is 0. The van der Waals surface area contributed by atoms with Crippen LogP contribution in [0.2, 0.25) is 0 Å². The molecule has 0 aromatic heterocycles. The molecule has 0 saturated carbocycles. The molecule has 3 rings (SSSR count). The lowest BCUT2D eigenvalue weighted by atomic mass is 10.3. The van der Waals surface area contributed by atoms with E-state index in [-0.39, 0.29) is 0 Å². The van der Waals surface area contributed by atoms with Crippen molar-refractivity contribution in [3.8, 4) is 0 Å². The van der Waals surface area contributed by atoms with E-state index in [0.29, 0.717) is 0 Å². The molecule has 0 amide bonds. The molecule has 0 unspecified atom stereocenters. The summed E-state index contributed by atoms with van der Waals surface area (Å²) in [4.78, 5) is 0. The second kappa shape index (κ2) is 0.525. The maximum atomic E-state index is 1.76. The Bertz CT molecular complexity index is 192. The quantitative estimate of drug-likeness (QED) is 0.425. The highest BCUT2D eigenvalue weighted by Gasteiger charge is 2.41. The minimum atomic E-state index is 1.38. The molecular formula is C7H6. The van der Waals surface area contributed by atoms with E-state index >= 15 is 0 Å². The van der Waals surface area contributed by atoms with Crippen molar-refractivity contribution in [1.82, 2.24) is 0 Å². The zero-order valence-electron chi connectivity index (χ0n) is 4.12. The molecule has 0 aromatic carbocycles. The molecule has 0 atom stereocenters. The van der Waals surface area contributed by atoms with Crippen molar-refractivity contribution in [2.75, 3.05) is 0 Å². The predicted octanol–water partition coefficient (Wildman–Crippen LogP) is 1.79. The minimum absolute atomic E-state index is 1.38. The molecule has 0 bridgehead atoms. The van der Waals surface area contributed by atoms with Gasteiger partial charge in [-0.05, 0) is 30.4 Å². The van der Waals surface area contributed by atoms with Crippen molar-refractivity contribution in [3.63, 3.8) is 0 Å². The number of hydrogen-bond donors (Lipinski definition) is 0. The van der Waals surface area contributed by atoms with E-state index in [9.17, 15) is 0 Å². The Morgan fingerprint density at radius 1 is 0.714 bits per heavy atom. The summed E-state index contributed by atoms with van der Waals surface area (Å²) >= 11 is 0. The third kappa shape index (κ3) is 0.175. The molecule has 0 N–H and O–H groups in total. The van der Waals surface area contributed by atoms with E-state index in [1.165, 1.54) is 19.3 Å². The zero-order chi connectivity index (χ0) is 4.43. The van der Waals surface area contributed by atoms with Gasteiger partial charge in [-0.25, -0.2) is 0 Å². The highest BCUT2D eigenvalue weighted by Crippen LogP contribution is 2.59. The second-order valence-corrected chi connectivity index (χ2v) is 2.69. The molecule has 0 aromatic rings. The van der Waals surface area contributed by atoms with Crippen molar-refractivity contribution >= 4 is 0 Å². The predicted molar refractivity (Wildman–Crippen MR) is 27.9 cm³/mol. The number of rotatable bonds is 0. The first kappa shape index (κ1) is 2.71. The minimum Gasteiger partial charge on any atom is -0.0579 e. The van der Waals surface area contributed by atoms with Gasteiger partial charge in [0.15, 0.2) is 0 Å². The van der Waals surface area contributed by atoms with Crippen molar-refractivity contribution < 1.29 is 0 Å². The maximum Gasteiger partial charge on any atom is -0.00552 e. The van der Waals surface area contributed by atoms with E-state index in [1.54, 1.807) is 22.3 Å². The van der Waals surface area contributed by atoms with Crippen LogP contribution in [0.1, 0.15) is 19.3 Å². The highest BCUT2D eigenvalue weighted by molar-refractivity contribution is 5.68. The third-order valence-corrected chi connectivity index (χ3v) is 2.17. The van der Waals surface area contributed by atoms with E-state index < -0.39 is 0 Å². The largest absolute Gasteiger partial charge is 0.0579 e. The summed E-state index contributed by atoms with van der Waals surface area (Å²) in [5.41, 5.74) is 7.01. The van der Waals surface area contributed by atoms with Gasteiger partial charge in [-0.15, -0.1) is 0 Å². The summed E-state index contributed by atoms with van der Waals surface area (Å²) in [6.45, 7) is 0. The first-order chi connectivity index (χ1) is 3.45. The van der Waals surface area contributed by atoms with Crippen LogP contribution < -0.4 is 0 Å². The lowest BCUT2D eigenvalue weighted by molar-refractivity contribution is 1.20. The molecule has 34 valence electrons. The fourth-order valence-corrected chi connectivity index (χ4v) is 1.57. The molecule has 0 saturated heterocycles. The van der Waals surface area contributed by atoms with Crippen LogP contribution in [-0.4, -0.2) is 0 Å². The van der Waals surface area contributed by atoms with Crippen LogP contribution in [0.4, 0.5) is 0 Å². The van der Waals surface area contributed by atoms with E-state index in [0.717, 1.165) is 0 Å². The summed E-state index contributed by atoms with van der Waals surface area (Å²) in [7, 11) is 0. The Labute approximate surface area is 42.5 Å². The molecule has 0 heterocycles. The fourth-order valence-electron chi connectivity index (χ4n) is 1.57. The molecule has 0 aliphatic heterocycles. The van der Waals surface area contributed by atoms with Gasteiger partial charge in [0.25, 0.3) is 0 Å². The Hall–Kier alpha value is -0.520. The van der Waals surface area contributed by atoms with Crippen LogP contribution in [0.3, 0.4) is 0 Å². The molecule has 0 radical (unpaired) electrons. The van der Waals surface area contributed by atoms with Gasteiger partial charge in [0.2, 0.25) is 0 Å². The summed E-state index contributed by atoms with van der Waals surface area (Å²) in [6, 6.07) is 0. The van der Waals surface area contributed by atoms with E-state index in [2.05, 4.69) is 0 Å². The topological polar surface area (TPSA) is 0 Å². The summed E-state index contributed by atoms with van der Waals surface area (Å²) < 4.78 is 0. The third-order valence-electron chi connectivity index (χ3n) is 2.17. The van der Waals surface area contributed by atoms with E-state index in [4.69, 9.17) is 0 Å². The van der Waals surface area contributed by atoms with Crippen molar-refractivity contribution in [2.45, 2.75) is 19.3 Å². The lowest BCUT2D eigenvalue weighted by Gasteiger charge is -1.77. The Morgan fingerprint density at radius 3 is 1.57 bits per heavy atom. The monoisotopic (exact) mass is 90.0 g/mol. The lowest BCUT2D eigenvalue weighted by Crippen LogP contribution is -1.59. The molecular weight excluding hydrogens is 84.1 g/mol. The van der Waals surface area contributed by atoms with Crippen LogP contribution >= 0.6 is 0 Å². The normalized spacial score (nSPS) is 30.9. The van der Waals surface area contributed by atoms with Gasteiger partial charge in [0.05, 0.1) is 0 Å². The standard InChI is InChI=1S/C7H6/c1-4-2-6(4)7-3-5(1)7/h1-3H2. The van der Waals surface area contributed by atoms with Gasteiger partial charge in [0, 0.05) is 0 Å². The van der Waals surface area contributed by atoms with Gasteiger partial charge in [0.1, 0.15) is 0 Å². The Morgan fingerprint density at radius 2 is 1.29 bits per heavy atom. The summed E-state index contributed by atoms with van der Waals surface area (Å²) in [5, 5.41) is 0. The SMILES string of the molecule is C1C2=C(C2)C2=C1C2. The average Bonchev–Trinajstić information content (AvgIpc) is 2.47. The molecule has 3 aliphatic carbocycles. The van der Waals surface area contributed by atoms with Gasteiger partial charge in [-0.3, -0.25) is 0 Å². The maximum absolute atomic E-state index is 1.76. The van der Waals surface area contributed by atoms with Crippen LogP contribution in [0.15, 0.2) is 22.3 Å². The molecule has 0 nitrogen and oxygen atoms in total. The van der Waals surface area contributed by atoms with Crippen molar-refractivity contribution in [2.24, 2.45) is 0 Å². The molecule has 7 heavy (non-hydrogen) atoms. The van der Waals surface area contributed by atoms with Gasteiger partial charge < -0.3 is 0 Å². The summed E-state index contributed by atoms with van der Waals surface area (Å²) in [5.74, 6) is 0. The highest BCUT2D eigenvalue weighted by atomic mass is 14.5. The summed E-state index contributed by atoms with van der Waals surface area (Å²) in [6.07, 6.45) is 4.16. The first-order valence-corrected chi connectivity index (χ1v) is 2.87. The van der Waals surface area contributed by atoms with Crippen molar-refractivity contribution in [3.05, 3.63) is 22.3 Å². The van der Waals surface area contributed by atoms with Crippen LogP contribution in [0, 0.1) is 0 Å². The second-order valence-electron chi connectivity index (χ2n) is 2.69. The number of allylic oxidation sites excluding steroid dienone is 4. The van der Waals surface area contributed by atoms with E-state index in [1.807, 2.05) is 0 Å². The Balaban J connectivity index is 2.32. The number of fused-ring (bicyclic) bond motifs is 1. The zero-order valence-corrected chi connectivity index (χ0v) is 4.12. The molecule has 0 heteroatoms. The van der Waals surface area contributed by atoms with Crippen LogP contribution in [0.5, 0.6) is 0 Å². The molecule has 0 spiro atoms. The molecule has 3 aliphatic rings. The Kier molecular flexibility index (Phi) is 0.203.